The number of carbonyl (C=O) groups is 1. The number of hydrogen-bond donors (Lipinski definition) is 1. The van der Waals surface area contributed by atoms with E-state index in [1.165, 1.54) is 28.6 Å². The van der Waals surface area contributed by atoms with Gasteiger partial charge >= 0.3 is 0 Å². The highest BCUT2D eigenvalue weighted by Gasteiger charge is 2.22. The Labute approximate surface area is 171 Å². The van der Waals surface area contributed by atoms with E-state index in [0.717, 1.165) is 37.0 Å². The first kappa shape index (κ1) is 20.5. The van der Waals surface area contributed by atoms with Gasteiger partial charge in [-0.15, -0.1) is 0 Å². The summed E-state index contributed by atoms with van der Waals surface area (Å²) in [7, 11) is 0. The molecule has 0 bridgehead atoms. The minimum Gasteiger partial charge on any atom is -0.368 e. The second kappa shape index (κ2) is 9.28. The highest BCUT2D eigenvalue weighted by molar-refractivity contribution is 8.00. The number of nitrogens with zero attached hydrogens (tertiary/aromatic N) is 4. The molecule has 1 fully saturated rings. The van der Waals surface area contributed by atoms with E-state index in [0.29, 0.717) is 5.75 Å². The Kier molecular flexibility index (Phi) is 6.78. The highest BCUT2D eigenvalue weighted by atomic mass is 32.2. The van der Waals surface area contributed by atoms with Gasteiger partial charge in [0.15, 0.2) is 5.82 Å². The summed E-state index contributed by atoms with van der Waals surface area (Å²) in [6.45, 7) is 11.9. The van der Waals surface area contributed by atoms with E-state index in [2.05, 4.69) is 57.1 Å². The van der Waals surface area contributed by atoms with Crippen molar-refractivity contribution in [3.63, 3.8) is 0 Å². The maximum absolute atomic E-state index is 12.0. The number of rotatable bonds is 6. The molecular weight excluding hydrogens is 370 g/mol. The monoisotopic (exact) mass is 399 g/mol. The second-order valence-corrected chi connectivity index (χ2v) is 8.35. The predicted molar refractivity (Wildman–Crippen MR) is 116 cm³/mol. The van der Waals surface area contributed by atoms with Crippen LogP contribution in [-0.4, -0.2) is 53.8 Å². The van der Waals surface area contributed by atoms with Gasteiger partial charge in [0.05, 0.1) is 5.75 Å². The van der Waals surface area contributed by atoms with Crippen molar-refractivity contribution >= 4 is 29.2 Å². The number of aryl methyl sites for hydroxylation is 1. The molecule has 3 rings (SSSR count). The van der Waals surface area contributed by atoms with Crippen LogP contribution < -0.4 is 15.1 Å². The first-order chi connectivity index (χ1) is 13.5. The van der Waals surface area contributed by atoms with Crippen LogP contribution >= 0.6 is 11.8 Å². The Bertz CT molecular complexity index is 818. The van der Waals surface area contributed by atoms with E-state index in [9.17, 15) is 4.79 Å². The summed E-state index contributed by atoms with van der Waals surface area (Å²) in [5.74, 6) is 1.26. The quantitative estimate of drug-likeness (QED) is 0.754. The molecule has 0 unspecified atom stereocenters. The lowest BCUT2D eigenvalue weighted by atomic mass is 10.1. The van der Waals surface area contributed by atoms with E-state index < -0.39 is 0 Å². The molecule has 6 nitrogen and oxygen atoms in total. The number of nitrogens with one attached hydrogen (secondary N) is 1. The van der Waals surface area contributed by atoms with Crippen LogP contribution in [0.3, 0.4) is 0 Å². The van der Waals surface area contributed by atoms with Crippen LogP contribution in [0.2, 0.25) is 0 Å². The Morgan fingerprint density at radius 2 is 1.79 bits per heavy atom. The normalized spacial score (nSPS) is 14.5. The standard InChI is InChI=1S/C21H29N5OS/c1-15(2)24-19(27)14-28-21-20(22-8-9-23-21)26-12-10-25(11-13-26)18-7-5-6-16(3)17(18)4/h5-9,15H,10-14H2,1-4H3,(H,24,27). The van der Waals surface area contributed by atoms with Gasteiger partial charge in [0.1, 0.15) is 5.03 Å². The lowest BCUT2D eigenvalue weighted by Gasteiger charge is -2.37. The smallest absolute Gasteiger partial charge is 0.230 e. The van der Waals surface area contributed by atoms with Gasteiger partial charge in [0, 0.05) is 50.3 Å². The van der Waals surface area contributed by atoms with Crippen molar-refractivity contribution in [3.8, 4) is 0 Å². The molecule has 0 radical (unpaired) electrons. The third-order valence-electron chi connectivity index (χ3n) is 4.93. The third-order valence-corrected chi connectivity index (χ3v) is 5.90. The van der Waals surface area contributed by atoms with Crippen molar-refractivity contribution in [2.75, 3.05) is 41.7 Å². The van der Waals surface area contributed by atoms with Gasteiger partial charge < -0.3 is 15.1 Å². The van der Waals surface area contributed by atoms with Crippen molar-refractivity contribution in [3.05, 3.63) is 41.7 Å². The molecular formula is C21H29N5OS. The second-order valence-electron chi connectivity index (χ2n) is 7.39. The molecule has 1 aromatic heterocycles. The van der Waals surface area contributed by atoms with Gasteiger partial charge in [-0.2, -0.15) is 0 Å². The van der Waals surface area contributed by atoms with Crippen LogP contribution in [0.4, 0.5) is 11.5 Å². The molecule has 1 aliphatic heterocycles. The number of hydrogen-bond acceptors (Lipinski definition) is 6. The molecule has 1 amide bonds. The fraction of sp³-hybridized carbons (Fsp3) is 0.476. The number of thioether (sulfide) groups is 1. The van der Waals surface area contributed by atoms with Crippen LogP contribution in [0.15, 0.2) is 35.6 Å². The van der Waals surface area contributed by atoms with Gasteiger partial charge in [-0.1, -0.05) is 23.9 Å². The third kappa shape index (κ3) is 4.95. The minimum absolute atomic E-state index is 0.0244. The van der Waals surface area contributed by atoms with E-state index in [-0.39, 0.29) is 11.9 Å². The summed E-state index contributed by atoms with van der Waals surface area (Å²) >= 11 is 1.45. The zero-order valence-electron chi connectivity index (χ0n) is 17.1. The molecule has 150 valence electrons. The Morgan fingerprint density at radius 3 is 2.50 bits per heavy atom. The highest BCUT2D eigenvalue weighted by Crippen LogP contribution is 2.28. The van der Waals surface area contributed by atoms with Crippen molar-refractivity contribution in [1.82, 2.24) is 15.3 Å². The van der Waals surface area contributed by atoms with Crippen LogP contribution in [0.5, 0.6) is 0 Å². The van der Waals surface area contributed by atoms with E-state index in [1.54, 1.807) is 12.4 Å². The average molecular weight is 400 g/mol. The van der Waals surface area contributed by atoms with Gasteiger partial charge in [-0.25, -0.2) is 9.97 Å². The summed E-state index contributed by atoms with van der Waals surface area (Å²) < 4.78 is 0. The fourth-order valence-corrected chi connectivity index (χ4v) is 4.17. The van der Waals surface area contributed by atoms with Crippen LogP contribution in [0, 0.1) is 13.8 Å². The number of benzene rings is 1. The van der Waals surface area contributed by atoms with E-state index in [4.69, 9.17) is 0 Å². The number of anilines is 2. The van der Waals surface area contributed by atoms with Crippen LogP contribution in [0.1, 0.15) is 25.0 Å². The molecule has 1 aliphatic rings. The lowest BCUT2D eigenvalue weighted by Crippen LogP contribution is -2.47. The molecule has 0 aliphatic carbocycles. The maximum atomic E-state index is 12.0. The molecule has 1 saturated heterocycles. The summed E-state index contributed by atoms with van der Waals surface area (Å²) in [6.07, 6.45) is 3.42. The van der Waals surface area contributed by atoms with E-state index in [1.807, 2.05) is 13.8 Å². The van der Waals surface area contributed by atoms with Crippen LogP contribution in [-0.2, 0) is 4.79 Å². The number of piperazine rings is 1. The molecule has 0 atom stereocenters. The zero-order chi connectivity index (χ0) is 20.1. The number of aromatic nitrogens is 2. The zero-order valence-corrected chi connectivity index (χ0v) is 17.9. The van der Waals surface area contributed by atoms with Gasteiger partial charge in [0.2, 0.25) is 5.91 Å². The Balaban J connectivity index is 1.64. The van der Waals surface area contributed by atoms with Crippen molar-refractivity contribution < 1.29 is 4.79 Å². The van der Waals surface area contributed by atoms with Gasteiger partial charge in [0.25, 0.3) is 0 Å². The fourth-order valence-electron chi connectivity index (χ4n) is 3.37. The molecule has 1 N–H and O–H groups in total. The minimum atomic E-state index is 0.0244. The summed E-state index contributed by atoms with van der Waals surface area (Å²) in [5.41, 5.74) is 3.99. The molecule has 2 aromatic rings. The number of amides is 1. The summed E-state index contributed by atoms with van der Waals surface area (Å²) in [4.78, 5) is 25.7. The Hall–Kier alpha value is -2.28. The molecule has 2 heterocycles. The topological polar surface area (TPSA) is 61.4 Å². The average Bonchev–Trinajstić information content (AvgIpc) is 2.68. The Morgan fingerprint density at radius 1 is 1.11 bits per heavy atom. The molecule has 0 spiro atoms. The van der Waals surface area contributed by atoms with Gasteiger partial charge in [-0.05, 0) is 44.9 Å². The summed E-state index contributed by atoms with van der Waals surface area (Å²) in [5, 5.41) is 3.74. The van der Waals surface area contributed by atoms with Crippen molar-refractivity contribution in [2.45, 2.75) is 38.8 Å². The maximum Gasteiger partial charge on any atom is 0.230 e. The summed E-state index contributed by atoms with van der Waals surface area (Å²) in [6, 6.07) is 6.64. The van der Waals surface area contributed by atoms with Gasteiger partial charge in [-0.3, -0.25) is 4.79 Å². The predicted octanol–water partition coefficient (Wildman–Crippen LogP) is 3.04. The van der Waals surface area contributed by atoms with Crippen molar-refractivity contribution in [1.29, 1.82) is 0 Å². The van der Waals surface area contributed by atoms with Crippen molar-refractivity contribution in [2.24, 2.45) is 0 Å². The van der Waals surface area contributed by atoms with Crippen LogP contribution in [0.25, 0.3) is 0 Å². The molecule has 0 saturated carbocycles. The molecule has 7 heteroatoms. The number of carbonyl (C=O) groups excluding carboxylic acids is 1. The molecule has 28 heavy (non-hydrogen) atoms. The SMILES string of the molecule is Cc1cccc(N2CCN(c3nccnc3SCC(=O)NC(C)C)CC2)c1C. The first-order valence-corrected chi connectivity index (χ1v) is 10.7. The largest absolute Gasteiger partial charge is 0.368 e. The molecule has 1 aromatic carbocycles. The lowest BCUT2D eigenvalue weighted by molar-refractivity contribution is -0.119. The van der Waals surface area contributed by atoms with E-state index >= 15 is 0 Å². The first-order valence-electron chi connectivity index (χ1n) is 9.75.